The molecule has 16 heavy (non-hydrogen) atoms. The molecule has 2 aromatic carbocycles. The van der Waals surface area contributed by atoms with Crippen molar-refractivity contribution in [3.05, 3.63) is 47.5 Å². The van der Waals surface area contributed by atoms with Crippen LogP contribution in [0.15, 0.2) is 36.4 Å². The molecule has 0 spiro atoms. The first kappa shape index (κ1) is 11.1. The largest absolute Gasteiger partial charge is 0.380 e. The molecule has 0 fully saturated rings. The average Bonchev–Trinajstić information content (AvgIpc) is 2.30. The number of rotatable bonds is 4. The normalized spacial score (nSPS) is 10.9. The van der Waals surface area contributed by atoms with E-state index in [4.69, 9.17) is 9.47 Å². The van der Waals surface area contributed by atoms with Gasteiger partial charge in [-0.05, 0) is 28.0 Å². The maximum absolute atomic E-state index is 5.23. The van der Waals surface area contributed by atoms with E-state index in [1.807, 2.05) is 0 Å². The molecule has 0 bridgehead atoms. The molecule has 2 nitrogen and oxygen atoms in total. The minimum atomic E-state index is 0.637. The van der Waals surface area contributed by atoms with Gasteiger partial charge >= 0.3 is 0 Å². The van der Waals surface area contributed by atoms with Gasteiger partial charge in [-0.1, -0.05) is 30.3 Å². The lowest BCUT2D eigenvalue weighted by Crippen LogP contribution is -1.94. The summed E-state index contributed by atoms with van der Waals surface area (Å²) in [5.74, 6) is 0. The van der Waals surface area contributed by atoms with Gasteiger partial charge in [0.2, 0.25) is 0 Å². The number of fused-ring (bicyclic) bond motifs is 1. The topological polar surface area (TPSA) is 18.5 Å². The number of benzene rings is 2. The van der Waals surface area contributed by atoms with Gasteiger partial charge in [-0.3, -0.25) is 0 Å². The highest BCUT2D eigenvalue weighted by molar-refractivity contribution is 5.86. The summed E-state index contributed by atoms with van der Waals surface area (Å²) in [5.41, 5.74) is 2.40. The summed E-state index contributed by atoms with van der Waals surface area (Å²) in [6.45, 7) is 1.28. The summed E-state index contributed by atoms with van der Waals surface area (Å²) in [6, 6.07) is 12.7. The number of methoxy groups -OCH3 is 2. The fourth-order valence-corrected chi connectivity index (χ4v) is 1.98. The van der Waals surface area contributed by atoms with Crippen LogP contribution in [0, 0.1) is 0 Å². The summed E-state index contributed by atoms with van der Waals surface area (Å²) < 4.78 is 10.4. The minimum Gasteiger partial charge on any atom is -0.380 e. The first-order valence-electron chi connectivity index (χ1n) is 5.33. The minimum absolute atomic E-state index is 0.637. The molecule has 0 amide bonds. The van der Waals surface area contributed by atoms with Crippen LogP contribution in [-0.2, 0) is 22.7 Å². The third-order valence-electron chi connectivity index (χ3n) is 2.62. The van der Waals surface area contributed by atoms with Crippen LogP contribution in [0.25, 0.3) is 10.8 Å². The molecule has 2 heteroatoms. The summed E-state index contributed by atoms with van der Waals surface area (Å²) in [4.78, 5) is 0. The van der Waals surface area contributed by atoms with Crippen LogP contribution in [0.4, 0.5) is 0 Å². The Balaban J connectivity index is 2.54. The summed E-state index contributed by atoms with van der Waals surface area (Å²) in [6.07, 6.45) is 0. The van der Waals surface area contributed by atoms with Crippen LogP contribution in [0.5, 0.6) is 0 Å². The summed E-state index contributed by atoms with van der Waals surface area (Å²) in [7, 11) is 3.43. The van der Waals surface area contributed by atoms with Crippen molar-refractivity contribution in [2.75, 3.05) is 14.2 Å². The molecule has 0 aromatic heterocycles. The first-order valence-corrected chi connectivity index (χ1v) is 5.33. The van der Waals surface area contributed by atoms with Gasteiger partial charge in [0.05, 0.1) is 13.2 Å². The lowest BCUT2D eigenvalue weighted by Gasteiger charge is -2.09. The monoisotopic (exact) mass is 216 g/mol. The van der Waals surface area contributed by atoms with Crippen LogP contribution in [0.2, 0.25) is 0 Å². The van der Waals surface area contributed by atoms with Crippen molar-refractivity contribution < 1.29 is 9.47 Å². The molecule has 0 aliphatic heterocycles. The Morgan fingerprint density at radius 3 is 2.44 bits per heavy atom. The highest BCUT2D eigenvalue weighted by Crippen LogP contribution is 2.22. The summed E-state index contributed by atoms with van der Waals surface area (Å²) >= 11 is 0. The molecule has 2 rings (SSSR count). The number of hydrogen-bond acceptors (Lipinski definition) is 2. The van der Waals surface area contributed by atoms with Gasteiger partial charge in [0, 0.05) is 14.2 Å². The van der Waals surface area contributed by atoms with Gasteiger partial charge in [-0.15, -0.1) is 0 Å². The lowest BCUT2D eigenvalue weighted by molar-refractivity contribution is 0.181. The van der Waals surface area contributed by atoms with E-state index < -0.39 is 0 Å². The van der Waals surface area contributed by atoms with E-state index >= 15 is 0 Å². The van der Waals surface area contributed by atoms with E-state index in [1.54, 1.807) is 14.2 Å². The zero-order valence-electron chi connectivity index (χ0n) is 9.69. The smallest absolute Gasteiger partial charge is 0.0719 e. The third kappa shape index (κ3) is 2.23. The molecule has 84 valence electrons. The molecule has 0 aliphatic carbocycles. The van der Waals surface area contributed by atoms with Crippen LogP contribution in [0.3, 0.4) is 0 Å². The zero-order valence-corrected chi connectivity index (χ0v) is 9.69. The van der Waals surface area contributed by atoms with Crippen molar-refractivity contribution in [3.8, 4) is 0 Å². The summed E-state index contributed by atoms with van der Waals surface area (Å²) in [5, 5.41) is 2.49. The maximum atomic E-state index is 5.23. The van der Waals surface area contributed by atoms with Crippen LogP contribution in [0.1, 0.15) is 11.1 Å². The Labute approximate surface area is 95.8 Å². The molecule has 0 saturated carbocycles. The van der Waals surface area contributed by atoms with E-state index in [-0.39, 0.29) is 0 Å². The Kier molecular flexibility index (Phi) is 3.54. The first-order chi connectivity index (χ1) is 7.85. The molecule has 0 aliphatic rings. The van der Waals surface area contributed by atoms with Gasteiger partial charge in [0.15, 0.2) is 0 Å². The standard InChI is InChI=1S/C14H16O2/c1-15-9-11-7-12-5-3-4-6-14(12)13(8-11)10-16-2/h3-8H,9-10H2,1-2H3. The molecule has 0 N–H and O–H groups in total. The molecule has 0 heterocycles. The molecule has 0 atom stereocenters. The molecule has 0 radical (unpaired) electrons. The fraction of sp³-hybridized carbons (Fsp3) is 0.286. The van der Waals surface area contributed by atoms with E-state index in [0.29, 0.717) is 13.2 Å². The molecular formula is C14H16O2. The second-order valence-corrected chi connectivity index (χ2v) is 3.84. The second-order valence-electron chi connectivity index (χ2n) is 3.84. The molecular weight excluding hydrogens is 200 g/mol. The third-order valence-corrected chi connectivity index (χ3v) is 2.62. The zero-order chi connectivity index (χ0) is 11.4. The van der Waals surface area contributed by atoms with Crippen LogP contribution >= 0.6 is 0 Å². The van der Waals surface area contributed by atoms with Gasteiger partial charge in [0.1, 0.15) is 0 Å². The maximum Gasteiger partial charge on any atom is 0.0719 e. The fourth-order valence-electron chi connectivity index (χ4n) is 1.98. The van der Waals surface area contributed by atoms with E-state index in [9.17, 15) is 0 Å². The second kappa shape index (κ2) is 5.10. The SMILES string of the molecule is COCc1cc(COC)c2ccccc2c1. The lowest BCUT2D eigenvalue weighted by atomic mass is 10.0. The number of ether oxygens (including phenoxy) is 2. The van der Waals surface area contributed by atoms with Crippen molar-refractivity contribution in [1.29, 1.82) is 0 Å². The quantitative estimate of drug-likeness (QED) is 0.781. The van der Waals surface area contributed by atoms with Gasteiger partial charge in [0.25, 0.3) is 0 Å². The van der Waals surface area contributed by atoms with Gasteiger partial charge in [-0.2, -0.15) is 0 Å². The molecule has 0 unspecified atom stereocenters. The highest BCUT2D eigenvalue weighted by Gasteiger charge is 2.03. The molecule has 2 aromatic rings. The van der Waals surface area contributed by atoms with E-state index in [1.165, 1.54) is 21.9 Å². The average molecular weight is 216 g/mol. The molecule has 0 saturated heterocycles. The Morgan fingerprint density at radius 2 is 1.69 bits per heavy atom. The van der Waals surface area contributed by atoms with Crippen molar-refractivity contribution in [1.82, 2.24) is 0 Å². The van der Waals surface area contributed by atoms with E-state index in [0.717, 1.165) is 0 Å². The van der Waals surface area contributed by atoms with Crippen molar-refractivity contribution in [2.45, 2.75) is 13.2 Å². The van der Waals surface area contributed by atoms with Crippen molar-refractivity contribution >= 4 is 10.8 Å². The highest BCUT2D eigenvalue weighted by atomic mass is 16.5. The number of hydrogen-bond donors (Lipinski definition) is 0. The predicted octanol–water partition coefficient (Wildman–Crippen LogP) is 3.13. The Morgan fingerprint density at radius 1 is 0.938 bits per heavy atom. The van der Waals surface area contributed by atoms with Crippen molar-refractivity contribution in [3.63, 3.8) is 0 Å². The van der Waals surface area contributed by atoms with Crippen LogP contribution < -0.4 is 0 Å². The predicted molar refractivity (Wildman–Crippen MR) is 65.4 cm³/mol. The van der Waals surface area contributed by atoms with Gasteiger partial charge in [-0.25, -0.2) is 0 Å². The van der Waals surface area contributed by atoms with Crippen molar-refractivity contribution in [2.24, 2.45) is 0 Å². The Hall–Kier alpha value is -1.38. The van der Waals surface area contributed by atoms with Gasteiger partial charge < -0.3 is 9.47 Å². The Bertz CT molecular complexity index is 477. The van der Waals surface area contributed by atoms with Crippen LogP contribution in [-0.4, -0.2) is 14.2 Å². The van der Waals surface area contributed by atoms with E-state index in [2.05, 4.69) is 36.4 Å².